The predicted octanol–water partition coefficient (Wildman–Crippen LogP) is 2.37. The van der Waals surface area contributed by atoms with Crippen LogP contribution in [-0.2, 0) is 14.3 Å². The van der Waals surface area contributed by atoms with Gasteiger partial charge in [0.15, 0.2) is 0 Å². The van der Waals surface area contributed by atoms with E-state index in [1.807, 2.05) is 11.9 Å². The van der Waals surface area contributed by atoms with Crippen LogP contribution >= 0.6 is 12.4 Å². The Morgan fingerprint density at radius 3 is 2.71 bits per heavy atom. The number of carbonyl (C=O) groups is 1. The lowest BCUT2D eigenvalue weighted by Crippen LogP contribution is -2.66. The van der Waals surface area contributed by atoms with Gasteiger partial charge in [-0.2, -0.15) is 0 Å². The van der Waals surface area contributed by atoms with Crippen LogP contribution in [0.25, 0.3) is 0 Å². The molecule has 0 aromatic rings. The number of rotatable bonds is 5. The molecule has 0 radical (unpaired) electrons. The van der Waals surface area contributed by atoms with Crippen molar-refractivity contribution in [3.05, 3.63) is 0 Å². The molecular formula is C18H33ClN2O3. The van der Waals surface area contributed by atoms with Gasteiger partial charge in [-0.1, -0.05) is 19.3 Å². The number of hydrogen-bond acceptors (Lipinski definition) is 4. The fraction of sp³-hybridized carbons (Fsp3) is 0.944. The summed E-state index contributed by atoms with van der Waals surface area (Å²) in [6.07, 6.45) is 8.21. The minimum Gasteiger partial charge on any atom is -0.378 e. The monoisotopic (exact) mass is 360 g/mol. The highest BCUT2D eigenvalue weighted by Gasteiger charge is 2.57. The molecule has 1 N–H and O–H groups in total. The maximum absolute atomic E-state index is 12.7. The van der Waals surface area contributed by atoms with Gasteiger partial charge in [-0.15, -0.1) is 12.4 Å². The molecule has 24 heavy (non-hydrogen) atoms. The van der Waals surface area contributed by atoms with Crippen LogP contribution in [0.3, 0.4) is 0 Å². The maximum atomic E-state index is 12.7. The molecule has 1 heterocycles. The molecule has 1 spiro atoms. The van der Waals surface area contributed by atoms with Crippen LogP contribution in [0.2, 0.25) is 0 Å². The van der Waals surface area contributed by atoms with Gasteiger partial charge < -0.3 is 19.7 Å². The Morgan fingerprint density at radius 2 is 2.08 bits per heavy atom. The molecule has 2 aliphatic carbocycles. The van der Waals surface area contributed by atoms with Crippen molar-refractivity contribution < 1.29 is 14.3 Å². The van der Waals surface area contributed by atoms with E-state index in [1.54, 1.807) is 0 Å². The first-order valence-electron chi connectivity index (χ1n) is 9.36. The third-order valence-corrected chi connectivity index (χ3v) is 6.17. The van der Waals surface area contributed by atoms with Crippen LogP contribution in [0.15, 0.2) is 0 Å². The SMILES string of the molecule is CCOC1CC(N(C)C(=O)CC2COCCN2)C12CCCCC2.Cl. The maximum Gasteiger partial charge on any atom is 0.224 e. The Kier molecular flexibility index (Phi) is 7.35. The molecule has 140 valence electrons. The van der Waals surface area contributed by atoms with Crippen molar-refractivity contribution in [3.8, 4) is 0 Å². The van der Waals surface area contributed by atoms with E-state index in [2.05, 4.69) is 12.2 Å². The van der Waals surface area contributed by atoms with Crippen molar-refractivity contribution in [2.45, 2.75) is 70.1 Å². The smallest absolute Gasteiger partial charge is 0.224 e. The summed E-state index contributed by atoms with van der Waals surface area (Å²) in [6.45, 7) is 5.11. The highest BCUT2D eigenvalue weighted by atomic mass is 35.5. The number of amides is 1. The zero-order chi connectivity index (χ0) is 16.3. The van der Waals surface area contributed by atoms with Crippen molar-refractivity contribution >= 4 is 18.3 Å². The van der Waals surface area contributed by atoms with E-state index >= 15 is 0 Å². The summed E-state index contributed by atoms with van der Waals surface area (Å²) < 4.78 is 11.5. The number of ether oxygens (including phenoxy) is 2. The van der Waals surface area contributed by atoms with Crippen LogP contribution in [-0.4, -0.2) is 62.4 Å². The zero-order valence-electron chi connectivity index (χ0n) is 15.1. The molecule has 0 aromatic heterocycles. The summed E-state index contributed by atoms with van der Waals surface area (Å²) in [6, 6.07) is 0.528. The van der Waals surface area contributed by atoms with E-state index in [0.29, 0.717) is 25.2 Å². The van der Waals surface area contributed by atoms with E-state index in [-0.39, 0.29) is 29.8 Å². The van der Waals surface area contributed by atoms with Gasteiger partial charge in [-0.05, 0) is 26.2 Å². The van der Waals surface area contributed by atoms with Gasteiger partial charge in [0.25, 0.3) is 0 Å². The second-order valence-electron chi connectivity index (χ2n) is 7.42. The van der Waals surface area contributed by atoms with Crippen LogP contribution in [0.1, 0.15) is 51.9 Å². The quantitative estimate of drug-likeness (QED) is 0.817. The summed E-state index contributed by atoms with van der Waals surface area (Å²) in [5.74, 6) is 0.248. The number of morpholine rings is 1. The summed E-state index contributed by atoms with van der Waals surface area (Å²) in [5.41, 5.74) is 0.217. The van der Waals surface area contributed by atoms with Gasteiger partial charge in [0, 0.05) is 44.1 Å². The molecule has 1 saturated heterocycles. The fourth-order valence-corrected chi connectivity index (χ4v) is 4.85. The normalized spacial score (nSPS) is 31.8. The lowest BCUT2D eigenvalue weighted by atomic mass is 9.54. The van der Waals surface area contributed by atoms with Crippen LogP contribution < -0.4 is 5.32 Å². The van der Waals surface area contributed by atoms with Gasteiger partial charge in [-0.3, -0.25) is 4.79 Å². The fourth-order valence-electron chi connectivity index (χ4n) is 4.85. The lowest BCUT2D eigenvalue weighted by molar-refractivity contribution is -0.185. The summed E-state index contributed by atoms with van der Waals surface area (Å²) in [4.78, 5) is 14.8. The lowest BCUT2D eigenvalue weighted by Gasteiger charge is -2.60. The minimum atomic E-state index is 0. The molecule has 2 saturated carbocycles. The molecule has 5 nitrogen and oxygen atoms in total. The van der Waals surface area contributed by atoms with Crippen molar-refractivity contribution in [3.63, 3.8) is 0 Å². The largest absolute Gasteiger partial charge is 0.378 e. The Morgan fingerprint density at radius 1 is 1.33 bits per heavy atom. The second-order valence-corrected chi connectivity index (χ2v) is 7.42. The number of nitrogens with one attached hydrogen (secondary N) is 1. The molecule has 3 atom stereocenters. The van der Waals surface area contributed by atoms with Gasteiger partial charge in [0.05, 0.1) is 19.3 Å². The van der Waals surface area contributed by atoms with Crippen molar-refractivity contribution in [2.75, 3.05) is 33.4 Å². The molecule has 3 rings (SSSR count). The van der Waals surface area contributed by atoms with Gasteiger partial charge >= 0.3 is 0 Å². The van der Waals surface area contributed by atoms with Crippen LogP contribution in [0, 0.1) is 5.41 Å². The molecule has 6 heteroatoms. The Balaban J connectivity index is 0.00000208. The van der Waals surface area contributed by atoms with Crippen LogP contribution in [0.4, 0.5) is 0 Å². The number of carbonyl (C=O) groups excluding carboxylic acids is 1. The topological polar surface area (TPSA) is 50.8 Å². The van der Waals surface area contributed by atoms with Crippen LogP contribution in [0.5, 0.6) is 0 Å². The average molecular weight is 361 g/mol. The Bertz CT molecular complexity index is 409. The van der Waals surface area contributed by atoms with E-state index < -0.39 is 0 Å². The zero-order valence-corrected chi connectivity index (χ0v) is 15.9. The number of hydrogen-bond donors (Lipinski definition) is 1. The first-order valence-corrected chi connectivity index (χ1v) is 9.36. The Labute approximate surface area is 152 Å². The molecule has 1 aliphatic heterocycles. The predicted molar refractivity (Wildman–Crippen MR) is 96.6 cm³/mol. The summed E-state index contributed by atoms with van der Waals surface area (Å²) >= 11 is 0. The van der Waals surface area contributed by atoms with Gasteiger partial charge in [0.2, 0.25) is 5.91 Å². The average Bonchev–Trinajstić information content (AvgIpc) is 2.59. The molecular weight excluding hydrogens is 328 g/mol. The molecule has 0 bridgehead atoms. The molecule has 3 aliphatic rings. The Hall–Kier alpha value is -0.360. The number of halogens is 1. The van der Waals surface area contributed by atoms with Crippen molar-refractivity contribution in [1.82, 2.24) is 10.2 Å². The second kappa shape index (κ2) is 8.84. The van der Waals surface area contributed by atoms with E-state index in [0.717, 1.165) is 26.2 Å². The molecule has 1 amide bonds. The highest BCUT2D eigenvalue weighted by Crippen LogP contribution is 2.55. The van der Waals surface area contributed by atoms with Crippen molar-refractivity contribution in [1.29, 1.82) is 0 Å². The van der Waals surface area contributed by atoms with E-state index in [1.165, 1.54) is 32.1 Å². The van der Waals surface area contributed by atoms with Crippen molar-refractivity contribution in [2.24, 2.45) is 5.41 Å². The summed E-state index contributed by atoms with van der Waals surface area (Å²) in [5, 5.41) is 3.38. The summed E-state index contributed by atoms with van der Waals surface area (Å²) in [7, 11) is 2.00. The highest BCUT2D eigenvalue weighted by molar-refractivity contribution is 5.85. The molecule has 0 aromatic carbocycles. The number of nitrogens with zero attached hydrogens (tertiary/aromatic N) is 1. The van der Waals surface area contributed by atoms with E-state index in [4.69, 9.17) is 9.47 Å². The third kappa shape index (κ3) is 3.90. The molecule has 3 unspecified atom stereocenters. The first-order chi connectivity index (χ1) is 11.2. The van der Waals surface area contributed by atoms with E-state index in [9.17, 15) is 4.79 Å². The minimum absolute atomic E-state index is 0. The first kappa shape index (κ1) is 20.0. The van der Waals surface area contributed by atoms with Gasteiger partial charge in [0.1, 0.15) is 0 Å². The standard InChI is InChI=1S/C18H32N2O3.ClH/c1-3-23-16-12-15(18(16)7-5-4-6-8-18)20(2)17(21)11-14-13-22-10-9-19-14;/h14-16,19H,3-13H2,1-2H3;1H. The van der Waals surface area contributed by atoms with Gasteiger partial charge in [-0.25, -0.2) is 0 Å². The molecule has 3 fully saturated rings. The third-order valence-electron chi connectivity index (χ3n) is 6.17.